The van der Waals surface area contributed by atoms with E-state index in [0.717, 1.165) is 32.5 Å². The van der Waals surface area contributed by atoms with Crippen LogP contribution in [0.25, 0.3) is 0 Å². The van der Waals surface area contributed by atoms with Crippen LogP contribution < -0.4 is 11.1 Å². The third-order valence-corrected chi connectivity index (χ3v) is 6.04. The number of nitrogens with one attached hydrogen (secondary N) is 1. The standard InChI is InChI=1S/C24H36N4.C2HF3O2/c1-2-27-15-17-28(18-16-27)20-22-12-10-21(11-13-22)19-26-24(9-6-14-25)23-7-4-3-5-8-23;3-2(4,5)1(6)7/h3-5,7-8,10-13,24,26H,2,6,9,14-20,25H2,1H3;(H,6,7). The summed E-state index contributed by atoms with van der Waals surface area (Å²) in [4.78, 5) is 14.0. The van der Waals surface area contributed by atoms with Crippen LogP contribution in [0.5, 0.6) is 0 Å². The van der Waals surface area contributed by atoms with Crippen LogP contribution in [0, 0.1) is 0 Å². The highest BCUT2D eigenvalue weighted by Crippen LogP contribution is 2.19. The van der Waals surface area contributed by atoms with Gasteiger partial charge in [0.1, 0.15) is 0 Å². The number of nitrogens with zero attached hydrogens (tertiary/aromatic N) is 2. The molecule has 6 nitrogen and oxygen atoms in total. The lowest BCUT2D eigenvalue weighted by Crippen LogP contribution is -2.45. The molecule has 4 N–H and O–H groups in total. The molecule has 1 atom stereocenters. The number of halogens is 3. The van der Waals surface area contributed by atoms with Crippen molar-refractivity contribution in [1.82, 2.24) is 15.1 Å². The summed E-state index contributed by atoms with van der Waals surface area (Å²) >= 11 is 0. The number of aliphatic carboxylic acids is 1. The molecule has 0 radical (unpaired) electrons. The van der Waals surface area contributed by atoms with Crippen LogP contribution >= 0.6 is 0 Å². The van der Waals surface area contributed by atoms with E-state index in [4.69, 9.17) is 15.6 Å². The quantitative estimate of drug-likeness (QED) is 0.463. The molecule has 1 aliphatic heterocycles. The van der Waals surface area contributed by atoms with Crippen molar-refractivity contribution in [3.63, 3.8) is 0 Å². The van der Waals surface area contributed by atoms with Gasteiger partial charge in [-0.2, -0.15) is 13.2 Å². The fourth-order valence-electron chi connectivity index (χ4n) is 3.92. The SMILES string of the molecule is CCN1CCN(Cc2ccc(CNC(CCCN)c3ccccc3)cc2)CC1.O=C(O)C(F)(F)F. The summed E-state index contributed by atoms with van der Waals surface area (Å²) < 4.78 is 31.7. The van der Waals surface area contributed by atoms with Gasteiger partial charge in [0.2, 0.25) is 0 Å². The van der Waals surface area contributed by atoms with Gasteiger partial charge < -0.3 is 21.1 Å². The molecule has 9 heteroatoms. The molecule has 3 rings (SSSR count). The van der Waals surface area contributed by atoms with E-state index in [-0.39, 0.29) is 0 Å². The molecule has 2 aromatic carbocycles. The van der Waals surface area contributed by atoms with Gasteiger partial charge in [-0.1, -0.05) is 61.5 Å². The van der Waals surface area contributed by atoms with Crippen LogP contribution in [0.2, 0.25) is 0 Å². The molecule has 1 saturated heterocycles. The van der Waals surface area contributed by atoms with Gasteiger partial charge in [-0.05, 0) is 42.6 Å². The lowest BCUT2D eigenvalue weighted by atomic mass is 10.0. The van der Waals surface area contributed by atoms with Crippen LogP contribution in [0.3, 0.4) is 0 Å². The van der Waals surface area contributed by atoms with E-state index in [2.05, 4.69) is 76.6 Å². The summed E-state index contributed by atoms with van der Waals surface area (Å²) in [7, 11) is 0. The van der Waals surface area contributed by atoms with E-state index in [1.54, 1.807) is 0 Å². The molecule has 0 spiro atoms. The third kappa shape index (κ3) is 10.8. The minimum Gasteiger partial charge on any atom is -0.475 e. The Morgan fingerprint density at radius 1 is 1.00 bits per heavy atom. The first kappa shape index (κ1) is 28.8. The fraction of sp³-hybridized carbons (Fsp3) is 0.500. The van der Waals surface area contributed by atoms with Crippen LogP contribution in [-0.4, -0.2) is 66.3 Å². The monoisotopic (exact) mass is 494 g/mol. The number of alkyl halides is 3. The molecule has 0 bridgehead atoms. The maximum atomic E-state index is 10.6. The molecule has 194 valence electrons. The Morgan fingerprint density at radius 2 is 1.54 bits per heavy atom. The predicted molar refractivity (Wildman–Crippen MR) is 132 cm³/mol. The van der Waals surface area contributed by atoms with Gasteiger partial charge in [-0.3, -0.25) is 4.90 Å². The summed E-state index contributed by atoms with van der Waals surface area (Å²) in [6, 6.07) is 20.2. The summed E-state index contributed by atoms with van der Waals surface area (Å²) in [6.07, 6.45) is -2.97. The maximum Gasteiger partial charge on any atom is 0.490 e. The van der Waals surface area contributed by atoms with E-state index >= 15 is 0 Å². The highest BCUT2D eigenvalue weighted by Gasteiger charge is 2.38. The van der Waals surface area contributed by atoms with Crippen LogP contribution in [0.15, 0.2) is 54.6 Å². The number of likely N-dealkylation sites (N-methyl/N-ethyl adjacent to an activating group) is 1. The molecular weight excluding hydrogens is 457 g/mol. The van der Waals surface area contributed by atoms with Gasteiger partial charge in [0.15, 0.2) is 0 Å². The average Bonchev–Trinajstić information content (AvgIpc) is 2.86. The largest absolute Gasteiger partial charge is 0.490 e. The Labute approximate surface area is 205 Å². The number of carboxylic acid groups (broad SMARTS) is 1. The zero-order valence-corrected chi connectivity index (χ0v) is 20.3. The summed E-state index contributed by atoms with van der Waals surface area (Å²) in [5.74, 6) is -2.76. The van der Waals surface area contributed by atoms with Crippen molar-refractivity contribution in [1.29, 1.82) is 0 Å². The number of hydrogen-bond acceptors (Lipinski definition) is 5. The van der Waals surface area contributed by atoms with Crippen LogP contribution in [-0.2, 0) is 17.9 Å². The van der Waals surface area contributed by atoms with Crippen molar-refractivity contribution >= 4 is 5.97 Å². The van der Waals surface area contributed by atoms with Gasteiger partial charge >= 0.3 is 12.1 Å². The summed E-state index contributed by atoms with van der Waals surface area (Å²) in [5, 5.41) is 10.9. The van der Waals surface area contributed by atoms with E-state index < -0.39 is 12.1 Å². The number of piperazine rings is 1. The molecule has 0 aliphatic carbocycles. The topological polar surface area (TPSA) is 81.8 Å². The number of hydrogen-bond donors (Lipinski definition) is 3. The van der Waals surface area contributed by atoms with Gasteiger partial charge in [-0.15, -0.1) is 0 Å². The van der Waals surface area contributed by atoms with Crippen molar-refractivity contribution in [3.8, 4) is 0 Å². The predicted octanol–water partition coefficient (Wildman–Crippen LogP) is 4.03. The minimum atomic E-state index is -5.08. The van der Waals surface area contributed by atoms with Gasteiger partial charge in [0.05, 0.1) is 0 Å². The number of benzene rings is 2. The van der Waals surface area contributed by atoms with Crippen molar-refractivity contribution in [2.75, 3.05) is 39.3 Å². The van der Waals surface area contributed by atoms with Crippen molar-refractivity contribution < 1.29 is 23.1 Å². The lowest BCUT2D eigenvalue weighted by Gasteiger charge is -2.34. The third-order valence-electron chi connectivity index (χ3n) is 6.04. The van der Waals surface area contributed by atoms with Crippen molar-refractivity contribution in [3.05, 3.63) is 71.3 Å². The van der Waals surface area contributed by atoms with E-state index in [1.165, 1.54) is 49.4 Å². The first-order valence-electron chi connectivity index (χ1n) is 12.0. The molecule has 1 aliphatic rings. The second kappa shape index (κ2) is 14.8. The molecule has 0 amide bonds. The van der Waals surface area contributed by atoms with Gasteiger partial charge in [0, 0.05) is 45.3 Å². The first-order chi connectivity index (χ1) is 16.7. The molecule has 0 aromatic heterocycles. The molecule has 1 unspecified atom stereocenters. The van der Waals surface area contributed by atoms with Crippen LogP contribution in [0.1, 0.15) is 42.5 Å². The Hall–Kier alpha value is -2.46. The molecule has 2 aromatic rings. The van der Waals surface area contributed by atoms with E-state index in [9.17, 15) is 13.2 Å². The van der Waals surface area contributed by atoms with E-state index in [1.807, 2.05) is 0 Å². The highest BCUT2D eigenvalue weighted by atomic mass is 19.4. The van der Waals surface area contributed by atoms with E-state index in [0.29, 0.717) is 6.04 Å². The van der Waals surface area contributed by atoms with Crippen molar-refractivity contribution in [2.45, 2.75) is 45.1 Å². The Morgan fingerprint density at radius 3 is 2.06 bits per heavy atom. The van der Waals surface area contributed by atoms with Gasteiger partial charge in [-0.25, -0.2) is 4.79 Å². The number of carboxylic acids is 1. The lowest BCUT2D eigenvalue weighted by molar-refractivity contribution is -0.192. The van der Waals surface area contributed by atoms with Gasteiger partial charge in [0.25, 0.3) is 0 Å². The molecule has 1 heterocycles. The Balaban J connectivity index is 0.000000540. The number of rotatable bonds is 10. The smallest absolute Gasteiger partial charge is 0.475 e. The fourth-order valence-corrected chi connectivity index (χ4v) is 3.92. The summed E-state index contributed by atoms with van der Waals surface area (Å²) in [5.41, 5.74) is 9.84. The molecule has 35 heavy (non-hydrogen) atoms. The maximum absolute atomic E-state index is 10.6. The molecular formula is C26H37F3N4O2. The second-order valence-corrected chi connectivity index (χ2v) is 8.60. The molecule has 1 fully saturated rings. The Bertz CT molecular complexity index is 855. The first-order valence-corrected chi connectivity index (χ1v) is 12.0. The summed E-state index contributed by atoms with van der Waals surface area (Å²) in [6.45, 7) is 10.9. The highest BCUT2D eigenvalue weighted by molar-refractivity contribution is 5.73. The Kier molecular flexibility index (Phi) is 12.2. The number of nitrogens with two attached hydrogens (primary N) is 1. The number of carbonyl (C=O) groups is 1. The zero-order valence-electron chi connectivity index (χ0n) is 20.3. The normalized spacial score (nSPS) is 15.8. The minimum absolute atomic E-state index is 0.360. The van der Waals surface area contributed by atoms with Crippen molar-refractivity contribution in [2.24, 2.45) is 5.73 Å². The zero-order chi connectivity index (χ0) is 25.7. The van der Waals surface area contributed by atoms with Crippen LogP contribution in [0.4, 0.5) is 13.2 Å². The molecule has 0 saturated carbocycles. The second-order valence-electron chi connectivity index (χ2n) is 8.60. The average molecular weight is 495 g/mol.